The summed E-state index contributed by atoms with van der Waals surface area (Å²) in [6.45, 7) is 4.96. The molecule has 156 valence electrons. The zero-order valence-corrected chi connectivity index (χ0v) is 16.8. The molecule has 1 aromatic carbocycles. The van der Waals surface area contributed by atoms with Crippen molar-refractivity contribution in [1.82, 2.24) is 9.97 Å². The molecule has 0 spiro atoms. The van der Waals surface area contributed by atoms with Crippen molar-refractivity contribution in [2.24, 2.45) is 5.92 Å². The lowest BCUT2D eigenvalue weighted by atomic mass is 9.94. The fourth-order valence-electron chi connectivity index (χ4n) is 3.54. The van der Waals surface area contributed by atoms with Gasteiger partial charge in [-0.25, -0.2) is 14.4 Å². The van der Waals surface area contributed by atoms with Crippen LogP contribution in [0.3, 0.4) is 0 Å². The maximum atomic E-state index is 13.9. The monoisotopic (exact) mass is 401 g/mol. The molecule has 2 heterocycles. The molecule has 0 bridgehead atoms. The predicted molar refractivity (Wildman–Crippen MR) is 108 cm³/mol. The molecule has 1 fully saturated rings. The van der Waals surface area contributed by atoms with Crippen LogP contribution in [0, 0.1) is 11.7 Å². The van der Waals surface area contributed by atoms with Crippen molar-refractivity contribution in [3.63, 3.8) is 0 Å². The predicted octanol–water partition coefficient (Wildman–Crippen LogP) is 3.63. The van der Waals surface area contributed by atoms with Crippen LogP contribution in [0.15, 0.2) is 30.6 Å². The first-order valence-corrected chi connectivity index (χ1v) is 10.2. The van der Waals surface area contributed by atoms with Crippen molar-refractivity contribution >= 4 is 11.9 Å². The van der Waals surface area contributed by atoms with Gasteiger partial charge in [0, 0.05) is 32.1 Å². The third kappa shape index (κ3) is 6.22. The van der Waals surface area contributed by atoms with Crippen LogP contribution in [-0.4, -0.2) is 40.7 Å². The molecule has 7 heteroatoms. The molecule has 0 atom stereocenters. The molecule has 0 amide bonds. The molecule has 29 heavy (non-hydrogen) atoms. The minimum atomic E-state index is -1.04. The Bertz CT molecular complexity index is 805. The standard InChI is InChI=1S/C22H28FN3O3/c1-2-16-13-24-22(25-14-16)26-8-5-17(6-9-26)7-10-29-15-18-3-4-19(12-21(27)28)20(23)11-18/h3-4,11,13-14,17H,2,5-10,12,15H2,1H3,(H,27,28). The maximum absolute atomic E-state index is 13.9. The second-order valence-electron chi connectivity index (χ2n) is 7.51. The van der Waals surface area contributed by atoms with Gasteiger partial charge in [0.25, 0.3) is 0 Å². The molecule has 1 aliphatic heterocycles. The minimum absolute atomic E-state index is 0.196. The smallest absolute Gasteiger partial charge is 0.307 e. The molecular formula is C22H28FN3O3. The van der Waals surface area contributed by atoms with Crippen LogP contribution in [0.4, 0.5) is 10.3 Å². The Kier molecular flexibility index (Phi) is 7.52. The first kappa shape index (κ1) is 21.2. The number of carboxylic acids is 1. The van der Waals surface area contributed by atoms with E-state index in [0.29, 0.717) is 19.1 Å². The lowest BCUT2D eigenvalue weighted by molar-refractivity contribution is -0.136. The lowest BCUT2D eigenvalue weighted by Crippen LogP contribution is -2.35. The van der Waals surface area contributed by atoms with E-state index in [1.807, 2.05) is 12.4 Å². The highest BCUT2D eigenvalue weighted by Crippen LogP contribution is 2.23. The van der Waals surface area contributed by atoms with E-state index in [1.54, 1.807) is 6.07 Å². The zero-order chi connectivity index (χ0) is 20.6. The highest BCUT2D eigenvalue weighted by molar-refractivity contribution is 5.70. The average molecular weight is 401 g/mol. The molecule has 0 saturated carbocycles. The van der Waals surface area contributed by atoms with Crippen molar-refractivity contribution < 1.29 is 19.0 Å². The average Bonchev–Trinajstić information content (AvgIpc) is 2.73. The second kappa shape index (κ2) is 10.3. The van der Waals surface area contributed by atoms with Crippen LogP contribution in [0.25, 0.3) is 0 Å². The molecule has 1 aliphatic rings. The van der Waals surface area contributed by atoms with Gasteiger partial charge in [-0.15, -0.1) is 0 Å². The number of carbonyl (C=O) groups is 1. The van der Waals surface area contributed by atoms with E-state index in [1.165, 1.54) is 12.1 Å². The van der Waals surface area contributed by atoms with Gasteiger partial charge in [-0.1, -0.05) is 19.1 Å². The lowest BCUT2D eigenvalue weighted by Gasteiger charge is -2.32. The van der Waals surface area contributed by atoms with Gasteiger partial charge in [0.2, 0.25) is 5.95 Å². The Hall–Kier alpha value is -2.54. The molecule has 1 N–H and O–H groups in total. The van der Waals surface area contributed by atoms with Crippen molar-refractivity contribution in [2.75, 3.05) is 24.6 Å². The summed E-state index contributed by atoms with van der Waals surface area (Å²) < 4.78 is 19.6. The van der Waals surface area contributed by atoms with E-state index >= 15 is 0 Å². The number of aliphatic carboxylic acids is 1. The van der Waals surface area contributed by atoms with Crippen molar-refractivity contribution in [2.45, 2.75) is 45.6 Å². The van der Waals surface area contributed by atoms with Gasteiger partial charge >= 0.3 is 5.97 Å². The van der Waals surface area contributed by atoms with Crippen LogP contribution in [0.5, 0.6) is 0 Å². The number of aryl methyl sites for hydroxylation is 1. The topological polar surface area (TPSA) is 75.6 Å². The number of hydrogen-bond donors (Lipinski definition) is 1. The Balaban J connectivity index is 1.36. The summed E-state index contributed by atoms with van der Waals surface area (Å²) in [5.74, 6) is -0.111. The summed E-state index contributed by atoms with van der Waals surface area (Å²) in [5.41, 5.74) is 2.07. The first-order chi connectivity index (χ1) is 14.0. The van der Waals surface area contributed by atoms with E-state index < -0.39 is 11.8 Å². The van der Waals surface area contributed by atoms with Crippen molar-refractivity contribution in [1.29, 1.82) is 0 Å². The highest BCUT2D eigenvalue weighted by atomic mass is 19.1. The summed E-state index contributed by atoms with van der Waals surface area (Å²) in [7, 11) is 0. The van der Waals surface area contributed by atoms with Crippen molar-refractivity contribution in [3.8, 4) is 0 Å². The number of ether oxygens (including phenoxy) is 1. The number of halogens is 1. The number of piperidine rings is 1. The maximum Gasteiger partial charge on any atom is 0.307 e. The summed E-state index contributed by atoms with van der Waals surface area (Å²) in [6.07, 6.45) is 7.59. The van der Waals surface area contributed by atoms with Gasteiger partial charge in [0.15, 0.2) is 0 Å². The minimum Gasteiger partial charge on any atom is -0.481 e. The molecule has 1 saturated heterocycles. The van der Waals surface area contributed by atoms with E-state index in [2.05, 4.69) is 21.8 Å². The van der Waals surface area contributed by atoms with E-state index in [4.69, 9.17) is 9.84 Å². The van der Waals surface area contributed by atoms with Crippen LogP contribution >= 0.6 is 0 Å². The summed E-state index contributed by atoms with van der Waals surface area (Å²) in [4.78, 5) is 21.9. The van der Waals surface area contributed by atoms with E-state index in [9.17, 15) is 9.18 Å². The first-order valence-electron chi connectivity index (χ1n) is 10.2. The number of anilines is 1. The third-order valence-electron chi connectivity index (χ3n) is 5.40. The van der Waals surface area contributed by atoms with Gasteiger partial charge in [-0.3, -0.25) is 4.79 Å². The van der Waals surface area contributed by atoms with Gasteiger partial charge in [-0.2, -0.15) is 0 Å². The molecule has 2 aromatic rings. The molecule has 0 unspecified atom stereocenters. The number of rotatable bonds is 9. The molecule has 1 aromatic heterocycles. The Morgan fingerprint density at radius 2 is 1.97 bits per heavy atom. The Labute approximate surface area is 170 Å². The molecule has 0 radical (unpaired) electrons. The summed E-state index contributed by atoms with van der Waals surface area (Å²) in [6, 6.07) is 4.61. The Morgan fingerprint density at radius 3 is 2.59 bits per heavy atom. The van der Waals surface area contributed by atoms with Crippen LogP contribution in [0.2, 0.25) is 0 Å². The van der Waals surface area contributed by atoms with E-state index in [-0.39, 0.29) is 12.0 Å². The second-order valence-corrected chi connectivity index (χ2v) is 7.51. The Morgan fingerprint density at radius 1 is 1.24 bits per heavy atom. The van der Waals surface area contributed by atoms with Crippen molar-refractivity contribution in [3.05, 3.63) is 53.1 Å². The van der Waals surface area contributed by atoms with Crippen LogP contribution < -0.4 is 4.90 Å². The number of carboxylic acid groups (broad SMARTS) is 1. The number of benzene rings is 1. The summed E-state index contributed by atoms with van der Waals surface area (Å²) in [5, 5.41) is 8.76. The van der Waals surface area contributed by atoms with Gasteiger partial charge in [0.05, 0.1) is 13.0 Å². The summed E-state index contributed by atoms with van der Waals surface area (Å²) >= 11 is 0. The van der Waals surface area contributed by atoms with Gasteiger partial charge < -0.3 is 14.7 Å². The van der Waals surface area contributed by atoms with Gasteiger partial charge in [-0.05, 0) is 54.4 Å². The quantitative estimate of drug-likeness (QED) is 0.647. The number of nitrogens with zero attached hydrogens (tertiary/aromatic N) is 3. The number of aromatic nitrogens is 2. The van der Waals surface area contributed by atoms with Gasteiger partial charge in [0.1, 0.15) is 5.82 Å². The van der Waals surface area contributed by atoms with Crippen LogP contribution in [-0.2, 0) is 29.0 Å². The molecule has 3 rings (SSSR count). The molecular weight excluding hydrogens is 373 g/mol. The number of hydrogen-bond acceptors (Lipinski definition) is 5. The SMILES string of the molecule is CCc1cnc(N2CCC(CCOCc3ccc(CC(=O)O)c(F)c3)CC2)nc1. The largest absolute Gasteiger partial charge is 0.481 e. The normalized spacial score (nSPS) is 14.9. The fraction of sp³-hybridized carbons (Fsp3) is 0.500. The van der Waals surface area contributed by atoms with Crippen LogP contribution in [0.1, 0.15) is 42.9 Å². The third-order valence-corrected chi connectivity index (χ3v) is 5.40. The highest BCUT2D eigenvalue weighted by Gasteiger charge is 2.20. The fourth-order valence-corrected chi connectivity index (χ4v) is 3.54. The van der Waals surface area contributed by atoms with E-state index in [0.717, 1.165) is 55.8 Å². The molecule has 0 aliphatic carbocycles. The molecule has 6 nitrogen and oxygen atoms in total. The zero-order valence-electron chi connectivity index (χ0n) is 16.8.